The Bertz CT molecular complexity index is 1010. The third-order valence-electron chi connectivity index (χ3n) is 4.78. The Kier molecular flexibility index (Phi) is 6.16. The van der Waals surface area contributed by atoms with Crippen LogP contribution in [0.4, 0.5) is 14.0 Å². The van der Waals surface area contributed by atoms with Gasteiger partial charge < -0.3 is 14.4 Å². The lowest BCUT2D eigenvalue weighted by Gasteiger charge is -2.31. The van der Waals surface area contributed by atoms with Crippen LogP contribution in [0.25, 0.3) is 17.0 Å². The van der Waals surface area contributed by atoms with Crippen LogP contribution in [0.15, 0.2) is 29.8 Å². The molecule has 31 heavy (non-hydrogen) atoms. The van der Waals surface area contributed by atoms with Gasteiger partial charge in [-0.15, -0.1) is 0 Å². The van der Waals surface area contributed by atoms with E-state index >= 15 is 0 Å². The zero-order valence-corrected chi connectivity index (χ0v) is 19.1. The number of ether oxygens (including phenoxy) is 2. The van der Waals surface area contributed by atoms with E-state index in [0.29, 0.717) is 37.1 Å². The van der Waals surface area contributed by atoms with E-state index < -0.39 is 23.1 Å². The normalized spacial score (nSPS) is 15.2. The summed E-state index contributed by atoms with van der Waals surface area (Å²) >= 11 is 0. The zero-order valence-electron chi connectivity index (χ0n) is 19.1. The van der Waals surface area contributed by atoms with Crippen LogP contribution < -0.4 is 0 Å². The molecule has 1 aromatic carbocycles. The number of nitrogens with zero attached hydrogens (tertiary/aromatic N) is 2. The van der Waals surface area contributed by atoms with Crippen LogP contribution in [0.3, 0.4) is 0 Å². The van der Waals surface area contributed by atoms with Gasteiger partial charge in [-0.2, -0.15) is 0 Å². The van der Waals surface area contributed by atoms with E-state index in [0.717, 1.165) is 11.0 Å². The number of hydrogen-bond acceptors (Lipinski definition) is 4. The zero-order chi connectivity index (χ0) is 23.0. The number of carbonyl (C=O) groups excluding carboxylic acids is 2. The summed E-state index contributed by atoms with van der Waals surface area (Å²) in [5.74, 6) is -0.416. The highest BCUT2D eigenvalue weighted by Gasteiger charge is 2.26. The highest BCUT2D eigenvalue weighted by Crippen LogP contribution is 2.27. The van der Waals surface area contributed by atoms with E-state index in [4.69, 9.17) is 9.47 Å². The van der Waals surface area contributed by atoms with Crippen LogP contribution >= 0.6 is 0 Å². The third kappa shape index (κ3) is 5.87. The number of likely N-dealkylation sites (tertiary alicyclic amines) is 1. The number of hydrogen-bond donors (Lipinski definition) is 0. The average Bonchev–Trinajstić information content (AvgIpc) is 2.96. The topological polar surface area (TPSA) is 60.8 Å². The summed E-state index contributed by atoms with van der Waals surface area (Å²) in [5, 5.41) is 0.755. The molecule has 2 aromatic rings. The van der Waals surface area contributed by atoms with Crippen LogP contribution in [0.1, 0.15) is 60.1 Å². The Morgan fingerprint density at radius 1 is 0.935 bits per heavy atom. The van der Waals surface area contributed by atoms with Crippen molar-refractivity contribution < 1.29 is 23.5 Å². The summed E-state index contributed by atoms with van der Waals surface area (Å²) in [5.41, 5.74) is 0.997. The monoisotopic (exact) mass is 430 g/mol. The van der Waals surface area contributed by atoms with Crippen molar-refractivity contribution >= 4 is 29.2 Å². The highest BCUT2D eigenvalue weighted by atomic mass is 19.1. The van der Waals surface area contributed by atoms with Gasteiger partial charge in [0.15, 0.2) is 0 Å². The molecule has 7 heteroatoms. The smallest absolute Gasteiger partial charge is 0.419 e. The number of aromatic nitrogens is 1. The van der Waals surface area contributed by atoms with Gasteiger partial charge in [0, 0.05) is 18.5 Å². The number of benzene rings is 1. The van der Waals surface area contributed by atoms with E-state index in [9.17, 15) is 14.0 Å². The van der Waals surface area contributed by atoms with Gasteiger partial charge in [-0.25, -0.2) is 18.5 Å². The number of amides is 1. The molecule has 6 nitrogen and oxygen atoms in total. The molecule has 0 atom stereocenters. The molecule has 1 saturated heterocycles. The molecule has 1 amide bonds. The Hall–Kier alpha value is -2.83. The average molecular weight is 431 g/mol. The van der Waals surface area contributed by atoms with Crippen molar-refractivity contribution in [2.45, 2.75) is 65.6 Å². The minimum Gasteiger partial charge on any atom is -0.444 e. The molecule has 1 aliphatic rings. The second kappa shape index (κ2) is 8.36. The quantitative estimate of drug-likeness (QED) is 0.559. The van der Waals surface area contributed by atoms with Crippen LogP contribution in [-0.4, -0.2) is 45.9 Å². The summed E-state index contributed by atoms with van der Waals surface area (Å²) < 4.78 is 26.3. The fraction of sp³-hybridized carbons (Fsp3) is 0.500. The van der Waals surface area contributed by atoms with E-state index in [1.165, 1.54) is 16.7 Å². The lowest BCUT2D eigenvalue weighted by Crippen LogP contribution is -2.40. The maximum atomic E-state index is 13.9. The van der Waals surface area contributed by atoms with E-state index in [1.807, 2.05) is 32.9 Å². The van der Waals surface area contributed by atoms with Crippen LogP contribution in [0.2, 0.25) is 0 Å². The van der Waals surface area contributed by atoms with Crippen LogP contribution in [0, 0.1) is 5.82 Å². The Morgan fingerprint density at radius 2 is 1.52 bits per heavy atom. The van der Waals surface area contributed by atoms with Crippen molar-refractivity contribution in [2.75, 3.05) is 13.1 Å². The fourth-order valence-electron chi connectivity index (χ4n) is 3.47. The highest BCUT2D eigenvalue weighted by molar-refractivity contribution is 5.93. The number of carbonyl (C=O) groups is 2. The minimum atomic E-state index is -0.676. The van der Waals surface area contributed by atoms with Crippen molar-refractivity contribution in [1.82, 2.24) is 9.47 Å². The molecule has 1 aromatic heterocycles. The van der Waals surface area contributed by atoms with Crippen LogP contribution in [-0.2, 0) is 9.47 Å². The summed E-state index contributed by atoms with van der Waals surface area (Å²) in [6.45, 7) is 12.0. The molecule has 2 heterocycles. The molecule has 0 spiro atoms. The fourth-order valence-corrected chi connectivity index (χ4v) is 3.47. The summed E-state index contributed by atoms with van der Waals surface area (Å²) in [6, 6.07) is 6.22. The second-order valence-corrected chi connectivity index (χ2v) is 9.86. The number of halogens is 1. The van der Waals surface area contributed by atoms with Crippen molar-refractivity contribution in [3.63, 3.8) is 0 Å². The lowest BCUT2D eigenvalue weighted by molar-refractivity contribution is 0.0236. The molecule has 0 radical (unpaired) electrons. The van der Waals surface area contributed by atoms with E-state index in [1.54, 1.807) is 31.7 Å². The maximum Gasteiger partial charge on any atom is 0.419 e. The predicted octanol–water partition coefficient (Wildman–Crippen LogP) is 5.98. The van der Waals surface area contributed by atoms with Crippen molar-refractivity contribution in [3.05, 3.63) is 41.3 Å². The summed E-state index contributed by atoms with van der Waals surface area (Å²) in [6.07, 6.45) is 2.41. The molecule has 0 unspecified atom stereocenters. The minimum absolute atomic E-state index is 0.315. The Labute approximate surface area is 182 Å². The molecule has 168 valence electrons. The van der Waals surface area contributed by atoms with Gasteiger partial charge in [0.05, 0.1) is 11.2 Å². The van der Waals surface area contributed by atoms with Crippen molar-refractivity contribution in [1.29, 1.82) is 0 Å². The SMILES string of the molecule is CC(C)(C)OC(=O)N1CCC(=Cc2cc3ccc(F)cc3n2C(=O)OC(C)(C)C)CC1. The van der Waals surface area contributed by atoms with Gasteiger partial charge in [-0.1, -0.05) is 5.57 Å². The second-order valence-electron chi connectivity index (χ2n) is 9.86. The molecule has 1 fully saturated rings. The molecule has 0 N–H and O–H groups in total. The molecule has 3 rings (SSSR count). The summed E-state index contributed by atoms with van der Waals surface area (Å²) in [7, 11) is 0. The van der Waals surface area contributed by atoms with Gasteiger partial charge >= 0.3 is 12.2 Å². The van der Waals surface area contributed by atoms with E-state index in [-0.39, 0.29) is 6.09 Å². The standard InChI is InChI=1S/C24H31FN2O4/c1-23(2,3)30-21(28)26-11-9-16(10-12-26)13-19-14-17-7-8-18(25)15-20(17)27(19)22(29)31-24(4,5)6/h7-8,13-15H,9-12H2,1-6H3. The van der Waals surface area contributed by atoms with Crippen LogP contribution in [0.5, 0.6) is 0 Å². The molecule has 1 aliphatic heterocycles. The van der Waals surface area contributed by atoms with Crippen molar-refractivity contribution in [2.24, 2.45) is 0 Å². The van der Waals surface area contributed by atoms with Gasteiger partial charge in [-0.3, -0.25) is 0 Å². The van der Waals surface area contributed by atoms with E-state index in [2.05, 4.69) is 0 Å². The Morgan fingerprint density at radius 3 is 2.10 bits per heavy atom. The first-order chi connectivity index (χ1) is 14.3. The third-order valence-corrected chi connectivity index (χ3v) is 4.78. The molecule has 0 saturated carbocycles. The van der Waals surface area contributed by atoms with Gasteiger partial charge in [-0.05, 0) is 84.7 Å². The first-order valence-electron chi connectivity index (χ1n) is 10.5. The number of rotatable bonds is 1. The maximum absolute atomic E-state index is 13.9. The van der Waals surface area contributed by atoms with Crippen molar-refractivity contribution in [3.8, 4) is 0 Å². The molecular formula is C24H31FN2O4. The lowest BCUT2D eigenvalue weighted by atomic mass is 10.0. The van der Waals surface area contributed by atoms with Gasteiger partial charge in [0.2, 0.25) is 0 Å². The molecule has 0 aliphatic carbocycles. The van der Waals surface area contributed by atoms with Gasteiger partial charge in [0.1, 0.15) is 17.0 Å². The number of piperidine rings is 1. The largest absolute Gasteiger partial charge is 0.444 e. The number of fused-ring (bicyclic) bond motifs is 1. The molecular weight excluding hydrogens is 399 g/mol. The van der Waals surface area contributed by atoms with Gasteiger partial charge in [0.25, 0.3) is 0 Å². The summed E-state index contributed by atoms with van der Waals surface area (Å²) in [4.78, 5) is 26.9. The Balaban J connectivity index is 1.86. The predicted molar refractivity (Wildman–Crippen MR) is 119 cm³/mol. The first-order valence-corrected chi connectivity index (χ1v) is 10.5. The molecule has 0 bridgehead atoms. The first kappa shape index (κ1) is 22.8.